The van der Waals surface area contributed by atoms with Crippen molar-refractivity contribution in [2.75, 3.05) is 37.8 Å². The molecule has 0 unspecified atom stereocenters. The molecular weight excluding hydrogens is 524 g/mol. The number of nitriles is 1. The highest BCUT2D eigenvalue weighted by Gasteiger charge is 2.43. The van der Waals surface area contributed by atoms with Crippen LogP contribution in [0.25, 0.3) is 32.2 Å². The van der Waals surface area contributed by atoms with E-state index in [-0.39, 0.29) is 62.6 Å². The molecule has 6 rings (SSSR count). The molecule has 2 atom stereocenters. The molecule has 0 radical (unpaired) electrons. The summed E-state index contributed by atoms with van der Waals surface area (Å²) in [6, 6.07) is 2.07. The van der Waals surface area contributed by atoms with Crippen LogP contribution in [0.5, 0.6) is 0 Å². The molecule has 2 aliphatic rings. The van der Waals surface area contributed by atoms with Crippen LogP contribution in [-0.2, 0) is 18.0 Å². The Morgan fingerprint density at radius 1 is 1.21 bits per heavy atom. The van der Waals surface area contributed by atoms with E-state index in [9.17, 15) is 14.8 Å². The van der Waals surface area contributed by atoms with Gasteiger partial charge in [0.15, 0.2) is 11.6 Å². The Balaban J connectivity index is 1.56. The lowest BCUT2D eigenvalue weighted by Crippen LogP contribution is -2.45. The van der Waals surface area contributed by atoms with Crippen molar-refractivity contribution < 1.29 is 18.6 Å². The van der Waals surface area contributed by atoms with Crippen molar-refractivity contribution in [3.8, 4) is 17.3 Å². The van der Waals surface area contributed by atoms with Gasteiger partial charge >= 0.3 is 0 Å². The van der Waals surface area contributed by atoms with Gasteiger partial charge in [-0.25, -0.2) is 18.7 Å². The van der Waals surface area contributed by atoms with Gasteiger partial charge in [-0.15, -0.1) is 11.3 Å². The van der Waals surface area contributed by atoms with E-state index in [2.05, 4.69) is 19.9 Å². The molecule has 3 N–H and O–H groups in total. The maximum absolute atomic E-state index is 16.6. The molecule has 1 fully saturated rings. The van der Waals surface area contributed by atoms with E-state index in [1.807, 2.05) is 25.1 Å². The molecule has 0 aliphatic carbocycles. The molecule has 0 saturated carbocycles. The Bertz CT molecular complexity index is 1690. The first-order chi connectivity index (χ1) is 18.5. The quantitative estimate of drug-likeness (QED) is 0.390. The first-order valence-electron chi connectivity index (χ1n) is 12.5. The van der Waals surface area contributed by atoms with E-state index in [0.717, 1.165) is 23.1 Å². The second kappa shape index (κ2) is 9.02. The van der Waals surface area contributed by atoms with Crippen LogP contribution in [0.1, 0.15) is 30.5 Å². The van der Waals surface area contributed by atoms with E-state index in [0.29, 0.717) is 30.0 Å². The Labute approximate surface area is 227 Å². The fraction of sp³-hybridized carbons (Fsp3) is 0.407. The smallest absolute Gasteiger partial charge is 0.226 e. The van der Waals surface area contributed by atoms with Crippen LogP contribution in [0.15, 0.2) is 12.4 Å². The summed E-state index contributed by atoms with van der Waals surface area (Å²) in [4.78, 5) is 17.5. The number of thiophene rings is 1. The van der Waals surface area contributed by atoms with E-state index in [4.69, 9.17) is 10.5 Å². The number of hydrogen-bond donors (Lipinski definition) is 2. The van der Waals surface area contributed by atoms with Gasteiger partial charge in [-0.1, -0.05) is 0 Å². The molecule has 39 heavy (non-hydrogen) atoms. The molecule has 1 saturated heterocycles. The number of nitrogens with zero attached hydrogens (tertiary/aromatic N) is 6. The van der Waals surface area contributed by atoms with Gasteiger partial charge < -0.3 is 25.4 Å². The number of nitrogens with two attached hydrogens (primary N) is 1. The molecule has 4 aromatic rings. The SMILES string of the molecule is CN(C)[C@@H]1CN(c2ncc3c4c(c(-c5ncc(F)c6sc(N)c(C#N)c56)c(F)c3n2)COC4)C[C@H]1C(C)(C)O. The monoisotopic (exact) mass is 551 g/mol. The van der Waals surface area contributed by atoms with Gasteiger partial charge in [-0.05, 0) is 39.1 Å². The Kier molecular flexibility index (Phi) is 5.96. The lowest BCUT2D eigenvalue weighted by Gasteiger charge is -2.33. The minimum Gasteiger partial charge on any atom is -0.390 e. The summed E-state index contributed by atoms with van der Waals surface area (Å²) in [6.45, 7) is 5.01. The Morgan fingerprint density at radius 2 is 1.95 bits per heavy atom. The van der Waals surface area contributed by atoms with Crippen LogP contribution in [0, 0.1) is 28.9 Å². The summed E-state index contributed by atoms with van der Waals surface area (Å²) >= 11 is 0.935. The zero-order valence-corrected chi connectivity index (χ0v) is 22.7. The van der Waals surface area contributed by atoms with Crippen LogP contribution in [0.3, 0.4) is 0 Å². The average Bonchev–Trinajstić information content (AvgIpc) is 3.62. The van der Waals surface area contributed by atoms with Crippen molar-refractivity contribution in [3.63, 3.8) is 0 Å². The molecular formula is C27H27F2N7O2S. The molecule has 5 heterocycles. The van der Waals surface area contributed by atoms with Crippen molar-refractivity contribution in [1.29, 1.82) is 5.26 Å². The zero-order chi connectivity index (χ0) is 27.8. The van der Waals surface area contributed by atoms with Gasteiger partial charge in [-0.3, -0.25) is 4.98 Å². The molecule has 1 aromatic carbocycles. The number of benzene rings is 1. The van der Waals surface area contributed by atoms with Crippen molar-refractivity contribution in [2.45, 2.75) is 38.7 Å². The molecule has 0 spiro atoms. The number of aromatic nitrogens is 3. The number of fused-ring (bicyclic) bond motifs is 4. The minimum atomic E-state index is -0.933. The Morgan fingerprint density at radius 3 is 2.62 bits per heavy atom. The number of hydrogen-bond acceptors (Lipinski definition) is 10. The van der Waals surface area contributed by atoms with E-state index < -0.39 is 17.2 Å². The van der Waals surface area contributed by atoms with Gasteiger partial charge in [0.05, 0.1) is 41.0 Å². The van der Waals surface area contributed by atoms with Gasteiger partial charge in [0, 0.05) is 47.6 Å². The summed E-state index contributed by atoms with van der Waals surface area (Å²) in [5.41, 5.74) is 6.81. The number of halogens is 2. The largest absolute Gasteiger partial charge is 0.390 e. The number of aliphatic hydroxyl groups is 1. The van der Waals surface area contributed by atoms with Crippen molar-refractivity contribution in [1.82, 2.24) is 19.9 Å². The first-order valence-corrected chi connectivity index (χ1v) is 13.3. The average molecular weight is 552 g/mol. The van der Waals surface area contributed by atoms with Crippen LogP contribution < -0.4 is 10.6 Å². The van der Waals surface area contributed by atoms with Crippen LogP contribution >= 0.6 is 11.3 Å². The highest BCUT2D eigenvalue weighted by atomic mass is 32.1. The highest BCUT2D eigenvalue weighted by Crippen LogP contribution is 2.45. The fourth-order valence-electron chi connectivity index (χ4n) is 5.86. The summed E-state index contributed by atoms with van der Waals surface area (Å²) in [5.74, 6) is -1.00. The van der Waals surface area contributed by atoms with Crippen molar-refractivity contribution in [3.05, 3.63) is 40.7 Å². The predicted octanol–water partition coefficient (Wildman–Crippen LogP) is 3.81. The number of pyridine rings is 1. The number of rotatable bonds is 4. The minimum absolute atomic E-state index is 0.0447. The lowest BCUT2D eigenvalue weighted by atomic mass is 9.86. The molecule has 0 amide bonds. The lowest BCUT2D eigenvalue weighted by molar-refractivity contribution is -0.000205. The summed E-state index contributed by atoms with van der Waals surface area (Å²) in [6.07, 6.45) is 2.63. The van der Waals surface area contributed by atoms with Crippen LogP contribution in [-0.4, -0.2) is 63.8 Å². The van der Waals surface area contributed by atoms with Crippen LogP contribution in [0.2, 0.25) is 0 Å². The number of likely N-dealkylation sites (N-methyl/N-ethyl adjacent to an activating group) is 1. The molecule has 3 aromatic heterocycles. The summed E-state index contributed by atoms with van der Waals surface area (Å²) in [7, 11) is 3.93. The van der Waals surface area contributed by atoms with Crippen molar-refractivity contribution in [2.24, 2.45) is 5.92 Å². The molecule has 0 bridgehead atoms. The van der Waals surface area contributed by atoms with Gasteiger partial charge in [-0.2, -0.15) is 5.26 Å². The van der Waals surface area contributed by atoms with Gasteiger partial charge in [0.2, 0.25) is 5.95 Å². The number of ether oxygens (including phenoxy) is 1. The van der Waals surface area contributed by atoms with E-state index >= 15 is 4.39 Å². The van der Waals surface area contributed by atoms with Gasteiger partial charge in [0.25, 0.3) is 0 Å². The number of nitrogen functional groups attached to an aromatic ring is 1. The normalized spacial score (nSPS) is 19.4. The summed E-state index contributed by atoms with van der Waals surface area (Å²) in [5, 5.41) is 21.4. The number of anilines is 2. The molecule has 202 valence electrons. The first kappa shape index (κ1) is 25.8. The standard InChI is InChI=1S/C27H27F2N7O2S/c1-27(2,37)16-8-36(9-18(16)35(3)4)26-33-6-13-14-10-38-11-15(14)19(21(29)22(13)34-26)23-20-12(5-30)25(31)39-24(20)17(28)7-32-23/h6-7,16,18,37H,8-11,31H2,1-4H3/t16-,18-/m1/s1. The zero-order valence-electron chi connectivity index (χ0n) is 21.9. The molecule has 2 aliphatic heterocycles. The second-order valence-corrected chi connectivity index (χ2v) is 11.9. The third kappa shape index (κ3) is 3.91. The van der Waals surface area contributed by atoms with Crippen molar-refractivity contribution >= 4 is 43.3 Å². The topological polar surface area (TPSA) is 124 Å². The van der Waals surface area contributed by atoms with Crippen LogP contribution in [0.4, 0.5) is 19.7 Å². The fourth-order valence-corrected chi connectivity index (χ4v) is 6.78. The molecule has 9 nitrogen and oxygen atoms in total. The van der Waals surface area contributed by atoms with Gasteiger partial charge in [0.1, 0.15) is 16.6 Å². The summed E-state index contributed by atoms with van der Waals surface area (Å²) < 4.78 is 37.1. The highest BCUT2D eigenvalue weighted by molar-refractivity contribution is 7.23. The second-order valence-electron chi connectivity index (χ2n) is 10.9. The van der Waals surface area contributed by atoms with E-state index in [1.54, 1.807) is 20.0 Å². The third-order valence-corrected chi connectivity index (χ3v) is 8.90. The molecule has 12 heteroatoms. The maximum atomic E-state index is 16.6. The predicted molar refractivity (Wildman–Crippen MR) is 145 cm³/mol. The Hall–Kier alpha value is -3.50. The van der Waals surface area contributed by atoms with E-state index in [1.165, 1.54) is 0 Å². The maximum Gasteiger partial charge on any atom is 0.226 e. The third-order valence-electron chi connectivity index (χ3n) is 7.87.